The highest BCUT2D eigenvalue weighted by atomic mass is 35.5. The lowest BCUT2D eigenvalue weighted by Gasteiger charge is -2.27. The molecule has 1 saturated heterocycles. The summed E-state index contributed by atoms with van der Waals surface area (Å²) in [6, 6.07) is -0.516. The van der Waals surface area contributed by atoms with Gasteiger partial charge < -0.3 is 0 Å². The lowest BCUT2D eigenvalue weighted by molar-refractivity contribution is 0.154. The van der Waals surface area contributed by atoms with Gasteiger partial charge in [-0.3, -0.25) is 5.43 Å². The van der Waals surface area contributed by atoms with Crippen LogP contribution in [0, 0.1) is 4.91 Å². The van der Waals surface area contributed by atoms with Crippen molar-refractivity contribution in [3.05, 3.63) is 4.91 Å². The zero-order valence-electron chi connectivity index (χ0n) is 8.19. The van der Waals surface area contributed by atoms with Crippen molar-refractivity contribution in [3.63, 3.8) is 0 Å². The predicted molar refractivity (Wildman–Crippen MR) is 60.7 cm³/mol. The Labute approximate surface area is 97.2 Å². The van der Waals surface area contributed by atoms with Crippen molar-refractivity contribution in [2.24, 2.45) is 5.29 Å². The van der Waals surface area contributed by atoms with Crippen LogP contribution in [0.25, 0.3) is 0 Å². The van der Waals surface area contributed by atoms with Crippen LogP contribution in [0.15, 0.2) is 5.29 Å². The zero-order chi connectivity index (χ0) is 11.1. The second kappa shape index (κ2) is 6.86. The van der Waals surface area contributed by atoms with E-state index < -0.39 is 6.03 Å². The maximum atomic E-state index is 11.4. The SMILES string of the molecule is O=NN(CCCl)C(=O)NN1CCSCC1. The van der Waals surface area contributed by atoms with E-state index in [2.05, 4.69) is 10.7 Å². The molecule has 1 rings (SSSR count). The smallest absolute Gasteiger partial charge is 0.269 e. The summed E-state index contributed by atoms with van der Waals surface area (Å²) >= 11 is 7.26. The molecular weight excluding hydrogens is 240 g/mol. The van der Waals surface area contributed by atoms with Crippen molar-refractivity contribution in [2.75, 3.05) is 37.0 Å². The van der Waals surface area contributed by atoms with E-state index in [9.17, 15) is 9.70 Å². The molecule has 1 fully saturated rings. The zero-order valence-corrected chi connectivity index (χ0v) is 9.76. The third-order valence-corrected chi connectivity index (χ3v) is 3.01. The molecule has 0 radical (unpaired) electrons. The molecule has 0 bridgehead atoms. The van der Waals surface area contributed by atoms with Crippen molar-refractivity contribution in [1.82, 2.24) is 15.4 Å². The van der Waals surface area contributed by atoms with Gasteiger partial charge >= 0.3 is 6.03 Å². The number of nitrogens with one attached hydrogen (secondary N) is 1. The number of alkyl halides is 1. The Morgan fingerprint density at radius 2 is 2.20 bits per heavy atom. The predicted octanol–water partition coefficient (Wildman–Crippen LogP) is 0.882. The van der Waals surface area contributed by atoms with Gasteiger partial charge in [0.25, 0.3) is 0 Å². The van der Waals surface area contributed by atoms with Gasteiger partial charge in [0.2, 0.25) is 0 Å². The lowest BCUT2D eigenvalue weighted by Crippen LogP contribution is -2.50. The molecule has 1 aliphatic rings. The summed E-state index contributed by atoms with van der Waals surface area (Å²) in [6.45, 7) is 1.69. The number of hydrogen-bond donors (Lipinski definition) is 1. The van der Waals surface area contributed by atoms with E-state index in [4.69, 9.17) is 11.6 Å². The van der Waals surface area contributed by atoms with Crippen molar-refractivity contribution in [3.8, 4) is 0 Å². The number of rotatable bonds is 4. The van der Waals surface area contributed by atoms with E-state index in [0.717, 1.165) is 29.6 Å². The fourth-order valence-corrected chi connectivity index (χ4v) is 2.19. The van der Waals surface area contributed by atoms with Gasteiger partial charge in [-0.25, -0.2) is 9.80 Å². The van der Waals surface area contributed by atoms with Crippen molar-refractivity contribution < 1.29 is 4.79 Å². The van der Waals surface area contributed by atoms with Crippen LogP contribution in [0.4, 0.5) is 4.79 Å². The second-order valence-electron chi connectivity index (χ2n) is 2.91. The van der Waals surface area contributed by atoms with Gasteiger partial charge in [-0.2, -0.15) is 16.8 Å². The maximum Gasteiger partial charge on any atom is 0.354 e. The molecule has 0 aliphatic carbocycles. The Hall–Kier alpha value is -0.530. The number of carbonyl (C=O) groups excluding carboxylic acids is 1. The van der Waals surface area contributed by atoms with Gasteiger partial charge in [0, 0.05) is 30.5 Å². The third kappa shape index (κ3) is 4.23. The minimum absolute atomic E-state index is 0.124. The Kier molecular flexibility index (Phi) is 5.74. The molecule has 0 spiro atoms. The molecule has 86 valence electrons. The van der Waals surface area contributed by atoms with Crippen LogP contribution in [-0.2, 0) is 0 Å². The molecule has 2 amide bonds. The number of nitroso groups, excluding NO2 is 1. The molecule has 15 heavy (non-hydrogen) atoms. The number of hydrogen-bond acceptors (Lipinski definition) is 5. The summed E-state index contributed by atoms with van der Waals surface area (Å²) in [6.07, 6.45) is 0. The van der Waals surface area contributed by atoms with Crippen molar-refractivity contribution in [2.45, 2.75) is 0 Å². The molecule has 8 heteroatoms. The number of nitrogens with zero attached hydrogens (tertiary/aromatic N) is 3. The molecule has 1 heterocycles. The molecule has 0 atom stereocenters. The van der Waals surface area contributed by atoms with E-state index in [0.29, 0.717) is 0 Å². The number of urea groups is 1. The fraction of sp³-hybridized carbons (Fsp3) is 0.857. The standard InChI is InChI=1S/C7H13ClN4O2S/c8-1-2-12(10-14)7(13)9-11-3-5-15-6-4-11/h1-6H2,(H,9,13). The van der Waals surface area contributed by atoms with E-state index in [1.807, 2.05) is 11.8 Å². The van der Waals surface area contributed by atoms with Gasteiger partial charge in [-0.05, 0) is 0 Å². The summed E-state index contributed by atoms with van der Waals surface area (Å²) < 4.78 is 0. The molecule has 0 unspecified atom stereocenters. The summed E-state index contributed by atoms with van der Waals surface area (Å²) in [5.74, 6) is 2.14. The minimum atomic E-state index is -0.516. The van der Waals surface area contributed by atoms with Gasteiger partial charge in [0.15, 0.2) is 0 Å². The van der Waals surface area contributed by atoms with Crippen LogP contribution in [0.2, 0.25) is 0 Å². The largest absolute Gasteiger partial charge is 0.354 e. The number of carbonyl (C=O) groups is 1. The average Bonchev–Trinajstić information content (AvgIpc) is 2.27. The molecule has 0 saturated carbocycles. The molecule has 0 aromatic heterocycles. The minimum Gasteiger partial charge on any atom is -0.269 e. The first kappa shape index (κ1) is 12.5. The highest BCUT2D eigenvalue weighted by Crippen LogP contribution is 2.07. The summed E-state index contributed by atoms with van der Waals surface area (Å²) in [5.41, 5.74) is 2.61. The van der Waals surface area contributed by atoms with Crippen LogP contribution >= 0.6 is 23.4 Å². The number of halogens is 1. The molecule has 1 aliphatic heterocycles. The summed E-state index contributed by atoms with van der Waals surface area (Å²) in [7, 11) is 0. The van der Waals surface area contributed by atoms with Gasteiger partial charge in [-0.15, -0.1) is 16.5 Å². The molecule has 1 N–H and O–H groups in total. The molecular formula is C7H13ClN4O2S. The summed E-state index contributed by atoms with van der Waals surface area (Å²) in [4.78, 5) is 21.8. The Bertz CT molecular complexity index is 225. The first-order valence-corrected chi connectivity index (χ1v) is 6.27. The number of thioether (sulfide) groups is 1. The topological polar surface area (TPSA) is 65.0 Å². The highest BCUT2D eigenvalue weighted by Gasteiger charge is 2.18. The Balaban J connectivity index is 2.34. The Morgan fingerprint density at radius 1 is 1.53 bits per heavy atom. The Morgan fingerprint density at radius 3 is 2.73 bits per heavy atom. The maximum absolute atomic E-state index is 11.4. The van der Waals surface area contributed by atoms with Crippen LogP contribution in [-0.4, -0.2) is 53.1 Å². The van der Waals surface area contributed by atoms with Crippen LogP contribution in [0.5, 0.6) is 0 Å². The number of hydrazine groups is 1. The van der Waals surface area contributed by atoms with E-state index in [-0.39, 0.29) is 12.4 Å². The van der Waals surface area contributed by atoms with E-state index >= 15 is 0 Å². The normalized spacial score (nSPS) is 17.1. The first-order chi connectivity index (χ1) is 7.27. The second-order valence-corrected chi connectivity index (χ2v) is 4.51. The average molecular weight is 253 g/mol. The first-order valence-electron chi connectivity index (χ1n) is 4.58. The number of amides is 2. The summed E-state index contributed by atoms with van der Waals surface area (Å²) in [5, 5.41) is 5.17. The molecule has 6 nitrogen and oxygen atoms in total. The van der Waals surface area contributed by atoms with Gasteiger partial charge in [0.1, 0.15) is 0 Å². The quantitative estimate of drug-likeness (QED) is 0.458. The molecule has 0 aromatic carbocycles. The van der Waals surface area contributed by atoms with Gasteiger partial charge in [-0.1, -0.05) is 0 Å². The van der Waals surface area contributed by atoms with E-state index in [1.165, 1.54) is 0 Å². The van der Waals surface area contributed by atoms with E-state index in [1.54, 1.807) is 5.01 Å². The van der Waals surface area contributed by atoms with Crippen molar-refractivity contribution >= 4 is 29.4 Å². The van der Waals surface area contributed by atoms with Crippen LogP contribution in [0.1, 0.15) is 0 Å². The lowest BCUT2D eigenvalue weighted by atomic mass is 10.6. The fourth-order valence-electron chi connectivity index (χ4n) is 1.13. The molecule has 0 aromatic rings. The van der Waals surface area contributed by atoms with Gasteiger partial charge in [0.05, 0.1) is 11.8 Å². The van der Waals surface area contributed by atoms with Crippen LogP contribution < -0.4 is 5.43 Å². The highest BCUT2D eigenvalue weighted by molar-refractivity contribution is 7.99. The van der Waals surface area contributed by atoms with Crippen molar-refractivity contribution in [1.29, 1.82) is 0 Å². The monoisotopic (exact) mass is 252 g/mol. The third-order valence-electron chi connectivity index (χ3n) is 1.89. The van der Waals surface area contributed by atoms with Crippen LogP contribution in [0.3, 0.4) is 0 Å².